The standard InChI is InChI=1S/C20H25N3O2/c1-14-9-15(2)23(21-14)11-19-5-3-4-8-22(19)20(24)16-6-7-17-12-25-13-18(17)10-16/h6-7,9-10,19H,3-5,8,11-13H2,1-2H3/t19-/m1/s1. The summed E-state index contributed by atoms with van der Waals surface area (Å²) in [6.45, 7) is 6.98. The van der Waals surface area contributed by atoms with Gasteiger partial charge in [-0.1, -0.05) is 6.07 Å². The minimum Gasteiger partial charge on any atom is -0.372 e. The van der Waals surface area contributed by atoms with Crippen LogP contribution in [0.15, 0.2) is 24.3 Å². The number of nitrogens with zero attached hydrogens (tertiary/aromatic N) is 3. The highest BCUT2D eigenvalue weighted by Crippen LogP contribution is 2.25. The van der Waals surface area contributed by atoms with E-state index in [1.165, 1.54) is 12.0 Å². The molecular formula is C20H25N3O2. The van der Waals surface area contributed by atoms with E-state index in [2.05, 4.69) is 23.0 Å². The van der Waals surface area contributed by atoms with Crippen molar-refractivity contribution >= 4 is 5.91 Å². The summed E-state index contributed by atoms with van der Waals surface area (Å²) in [6, 6.07) is 8.30. The molecule has 0 aliphatic carbocycles. The Balaban J connectivity index is 1.56. The molecule has 0 N–H and O–H groups in total. The van der Waals surface area contributed by atoms with Gasteiger partial charge in [0.2, 0.25) is 0 Å². The Morgan fingerprint density at radius 2 is 2.04 bits per heavy atom. The van der Waals surface area contributed by atoms with Crippen LogP contribution in [-0.4, -0.2) is 33.2 Å². The first kappa shape index (κ1) is 16.3. The predicted octanol–water partition coefficient (Wildman–Crippen LogP) is 3.23. The van der Waals surface area contributed by atoms with Gasteiger partial charge in [0, 0.05) is 17.8 Å². The Kier molecular flexibility index (Phi) is 4.34. The topological polar surface area (TPSA) is 47.4 Å². The van der Waals surface area contributed by atoms with E-state index in [9.17, 15) is 4.79 Å². The van der Waals surface area contributed by atoms with Gasteiger partial charge in [-0.15, -0.1) is 0 Å². The molecule has 0 unspecified atom stereocenters. The third-order valence-corrected chi connectivity index (χ3v) is 5.34. The number of ether oxygens (including phenoxy) is 1. The fourth-order valence-corrected chi connectivity index (χ4v) is 3.99. The third kappa shape index (κ3) is 3.21. The largest absolute Gasteiger partial charge is 0.372 e. The van der Waals surface area contributed by atoms with Crippen LogP contribution in [-0.2, 0) is 24.5 Å². The first-order valence-electron chi connectivity index (χ1n) is 9.13. The molecule has 5 nitrogen and oxygen atoms in total. The Morgan fingerprint density at radius 1 is 1.20 bits per heavy atom. The van der Waals surface area contributed by atoms with Crippen LogP contribution in [0.5, 0.6) is 0 Å². The molecule has 5 heteroatoms. The molecule has 1 saturated heterocycles. The molecule has 25 heavy (non-hydrogen) atoms. The van der Waals surface area contributed by atoms with Crippen molar-refractivity contribution in [2.24, 2.45) is 0 Å². The Hall–Kier alpha value is -2.14. The number of hydrogen-bond acceptors (Lipinski definition) is 3. The number of amides is 1. The molecule has 132 valence electrons. The molecule has 3 heterocycles. The number of benzene rings is 1. The summed E-state index contributed by atoms with van der Waals surface area (Å²) in [5.41, 5.74) is 5.33. The van der Waals surface area contributed by atoms with Crippen molar-refractivity contribution in [3.63, 3.8) is 0 Å². The molecule has 1 fully saturated rings. The monoisotopic (exact) mass is 339 g/mol. The van der Waals surface area contributed by atoms with E-state index in [1.54, 1.807) is 0 Å². The second kappa shape index (κ2) is 6.64. The SMILES string of the molecule is Cc1cc(C)n(C[C@H]2CCCCN2C(=O)c2ccc3c(c2)COC3)n1. The van der Waals surface area contributed by atoms with E-state index < -0.39 is 0 Å². The molecular weight excluding hydrogens is 314 g/mol. The van der Waals surface area contributed by atoms with Crippen LogP contribution in [0.2, 0.25) is 0 Å². The lowest BCUT2D eigenvalue weighted by Crippen LogP contribution is -2.46. The summed E-state index contributed by atoms with van der Waals surface area (Å²) >= 11 is 0. The van der Waals surface area contributed by atoms with Gasteiger partial charge in [0.15, 0.2) is 0 Å². The van der Waals surface area contributed by atoms with Gasteiger partial charge in [-0.05, 0) is 62.4 Å². The van der Waals surface area contributed by atoms with Crippen LogP contribution in [0, 0.1) is 13.8 Å². The lowest BCUT2D eigenvalue weighted by atomic mass is 9.99. The predicted molar refractivity (Wildman–Crippen MR) is 95.3 cm³/mol. The van der Waals surface area contributed by atoms with Crippen LogP contribution in [0.25, 0.3) is 0 Å². The number of piperidine rings is 1. The number of aryl methyl sites for hydroxylation is 2. The van der Waals surface area contributed by atoms with E-state index in [0.717, 1.165) is 48.4 Å². The highest BCUT2D eigenvalue weighted by molar-refractivity contribution is 5.94. The Morgan fingerprint density at radius 3 is 2.84 bits per heavy atom. The average molecular weight is 339 g/mol. The van der Waals surface area contributed by atoms with E-state index in [0.29, 0.717) is 13.2 Å². The van der Waals surface area contributed by atoms with E-state index in [-0.39, 0.29) is 11.9 Å². The molecule has 1 aromatic carbocycles. The second-order valence-corrected chi connectivity index (χ2v) is 7.23. The number of carbonyl (C=O) groups excluding carboxylic acids is 1. The van der Waals surface area contributed by atoms with Crippen molar-refractivity contribution in [1.82, 2.24) is 14.7 Å². The zero-order valence-corrected chi connectivity index (χ0v) is 15.0. The maximum atomic E-state index is 13.1. The summed E-state index contributed by atoms with van der Waals surface area (Å²) in [7, 11) is 0. The molecule has 0 saturated carbocycles. The summed E-state index contributed by atoms with van der Waals surface area (Å²) in [6.07, 6.45) is 3.29. The van der Waals surface area contributed by atoms with Gasteiger partial charge in [0.05, 0.1) is 31.5 Å². The van der Waals surface area contributed by atoms with Crippen molar-refractivity contribution in [2.45, 2.75) is 58.9 Å². The molecule has 4 rings (SSSR count). The first-order valence-corrected chi connectivity index (χ1v) is 9.13. The van der Waals surface area contributed by atoms with Crippen molar-refractivity contribution in [3.05, 3.63) is 52.3 Å². The number of fused-ring (bicyclic) bond motifs is 1. The van der Waals surface area contributed by atoms with Gasteiger partial charge in [-0.25, -0.2) is 0 Å². The highest BCUT2D eigenvalue weighted by atomic mass is 16.5. The maximum Gasteiger partial charge on any atom is 0.254 e. The Bertz CT molecular complexity index is 796. The lowest BCUT2D eigenvalue weighted by molar-refractivity contribution is 0.0582. The molecule has 0 radical (unpaired) electrons. The second-order valence-electron chi connectivity index (χ2n) is 7.23. The van der Waals surface area contributed by atoms with Crippen molar-refractivity contribution < 1.29 is 9.53 Å². The highest BCUT2D eigenvalue weighted by Gasteiger charge is 2.29. The third-order valence-electron chi connectivity index (χ3n) is 5.34. The average Bonchev–Trinajstić information content (AvgIpc) is 3.20. The van der Waals surface area contributed by atoms with Gasteiger partial charge >= 0.3 is 0 Å². The fourth-order valence-electron chi connectivity index (χ4n) is 3.99. The van der Waals surface area contributed by atoms with E-state index in [4.69, 9.17) is 4.74 Å². The molecule has 0 bridgehead atoms. The molecule has 0 spiro atoms. The molecule has 1 aromatic heterocycles. The number of likely N-dealkylation sites (tertiary alicyclic amines) is 1. The van der Waals surface area contributed by atoms with Gasteiger partial charge in [0.25, 0.3) is 5.91 Å². The van der Waals surface area contributed by atoms with Crippen LogP contribution in [0.4, 0.5) is 0 Å². The zero-order chi connectivity index (χ0) is 17.4. The van der Waals surface area contributed by atoms with Crippen molar-refractivity contribution in [3.8, 4) is 0 Å². The van der Waals surface area contributed by atoms with Crippen molar-refractivity contribution in [2.75, 3.05) is 6.54 Å². The summed E-state index contributed by atoms with van der Waals surface area (Å²) in [5, 5.41) is 4.58. The van der Waals surface area contributed by atoms with Crippen LogP contribution in [0.1, 0.15) is 52.1 Å². The minimum atomic E-state index is 0.140. The first-order chi connectivity index (χ1) is 12.1. The van der Waals surface area contributed by atoms with Crippen LogP contribution < -0.4 is 0 Å². The lowest BCUT2D eigenvalue weighted by Gasteiger charge is -2.36. The fraction of sp³-hybridized carbons (Fsp3) is 0.500. The van der Waals surface area contributed by atoms with Gasteiger partial charge in [0.1, 0.15) is 0 Å². The van der Waals surface area contributed by atoms with Crippen LogP contribution in [0.3, 0.4) is 0 Å². The summed E-state index contributed by atoms with van der Waals surface area (Å²) in [4.78, 5) is 15.2. The Labute approximate surface area is 148 Å². The quantitative estimate of drug-likeness (QED) is 0.862. The normalized spacial score (nSPS) is 19.9. The number of aromatic nitrogens is 2. The number of rotatable bonds is 3. The van der Waals surface area contributed by atoms with Crippen molar-refractivity contribution in [1.29, 1.82) is 0 Å². The van der Waals surface area contributed by atoms with E-state index >= 15 is 0 Å². The molecule has 1 amide bonds. The van der Waals surface area contributed by atoms with Gasteiger partial charge in [-0.3, -0.25) is 9.48 Å². The van der Waals surface area contributed by atoms with Crippen LogP contribution >= 0.6 is 0 Å². The number of hydrogen-bond donors (Lipinski definition) is 0. The summed E-state index contributed by atoms with van der Waals surface area (Å²) in [5.74, 6) is 0.140. The zero-order valence-electron chi connectivity index (χ0n) is 15.0. The minimum absolute atomic E-state index is 0.140. The molecule has 1 atom stereocenters. The van der Waals surface area contributed by atoms with Gasteiger partial charge < -0.3 is 9.64 Å². The summed E-state index contributed by atoms with van der Waals surface area (Å²) < 4.78 is 7.52. The van der Waals surface area contributed by atoms with Gasteiger partial charge in [-0.2, -0.15) is 5.10 Å². The molecule has 2 aliphatic heterocycles. The number of carbonyl (C=O) groups is 1. The van der Waals surface area contributed by atoms with E-state index in [1.807, 2.05) is 29.8 Å². The maximum absolute atomic E-state index is 13.1. The smallest absolute Gasteiger partial charge is 0.254 e. The molecule has 2 aliphatic rings. The molecule has 2 aromatic rings.